The molecule has 1 aromatic heterocycles. The first-order chi connectivity index (χ1) is 9.42. The number of nitrogens with zero attached hydrogens (tertiary/aromatic N) is 4. The number of carbonyl (C=O) groups excluding carboxylic acids is 1. The van der Waals surface area contributed by atoms with Crippen LogP contribution in [-0.2, 0) is 11.3 Å². The van der Waals surface area contributed by atoms with Gasteiger partial charge in [0.15, 0.2) is 0 Å². The van der Waals surface area contributed by atoms with E-state index in [-0.39, 0.29) is 6.54 Å². The van der Waals surface area contributed by atoms with E-state index in [2.05, 4.69) is 10.0 Å². The Kier molecular flexibility index (Phi) is 3.68. The summed E-state index contributed by atoms with van der Waals surface area (Å²) in [5, 5.41) is 4.43. The molecule has 0 bridgehead atoms. The lowest BCUT2D eigenvalue weighted by Gasteiger charge is -2.19. The van der Waals surface area contributed by atoms with Crippen LogP contribution in [0.5, 0.6) is 0 Å². The summed E-state index contributed by atoms with van der Waals surface area (Å²) in [6.07, 6.45) is 1.22. The van der Waals surface area contributed by atoms with Crippen LogP contribution in [0.25, 0.3) is 21.3 Å². The summed E-state index contributed by atoms with van der Waals surface area (Å²) < 4.78 is 6.82. The van der Waals surface area contributed by atoms with E-state index in [1.54, 1.807) is 6.20 Å². The maximum Gasteiger partial charge on any atom is 0.418 e. The Bertz CT molecular complexity index is 691. The normalized spacial score (nSPS) is 11.2. The summed E-state index contributed by atoms with van der Waals surface area (Å²) in [6.45, 7) is 5.65. The molecule has 0 aliphatic carbocycles. The summed E-state index contributed by atoms with van der Waals surface area (Å²) in [5.41, 5.74) is 9.40. The van der Waals surface area contributed by atoms with Crippen molar-refractivity contribution < 1.29 is 9.53 Å². The Labute approximate surface area is 116 Å². The fourth-order valence-electron chi connectivity index (χ4n) is 1.95. The highest BCUT2D eigenvalue weighted by molar-refractivity contribution is 5.92. The molecule has 1 heterocycles. The van der Waals surface area contributed by atoms with E-state index in [0.717, 1.165) is 16.5 Å². The summed E-state index contributed by atoms with van der Waals surface area (Å²) in [6, 6.07) is 7.44. The van der Waals surface area contributed by atoms with Crippen molar-refractivity contribution in [1.29, 1.82) is 0 Å². The van der Waals surface area contributed by atoms with Crippen LogP contribution < -0.4 is 0 Å². The van der Waals surface area contributed by atoms with Gasteiger partial charge in [0.25, 0.3) is 0 Å². The molecule has 0 amide bonds. The number of carbonyl (C=O) groups is 1. The van der Waals surface area contributed by atoms with Crippen molar-refractivity contribution in [1.82, 2.24) is 4.57 Å². The molecule has 104 valence electrons. The van der Waals surface area contributed by atoms with Crippen LogP contribution in [0.2, 0.25) is 0 Å². The Morgan fingerprint density at radius 3 is 2.75 bits per heavy atom. The standard InChI is InChI=1S/C14H16N4O2/c1-14(2,3)20-13(19)18-9-10(8-16-17-15)11-6-4-5-7-12(11)18/h4-7,9H,8H2,1-3H3. The number of ether oxygens (including phenoxy) is 1. The molecule has 0 saturated carbocycles. The second-order valence-corrected chi connectivity index (χ2v) is 5.41. The first kappa shape index (κ1) is 14.0. The number of fused-ring (bicyclic) bond motifs is 1. The molecule has 2 rings (SSSR count). The Morgan fingerprint density at radius 2 is 2.10 bits per heavy atom. The van der Waals surface area contributed by atoms with E-state index >= 15 is 0 Å². The average Bonchev–Trinajstić information content (AvgIpc) is 2.73. The molecule has 0 spiro atoms. The van der Waals surface area contributed by atoms with Gasteiger partial charge in [0.05, 0.1) is 12.1 Å². The molecule has 0 aliphatic rings. The minimum atomic E-state index is -0.562. The van der Waals surface area contributed by atoms with Crippen molar-refractivity contribution in [2.24, 2.45) is 5.11 Å². The molecule has 0 aliphatic heterocycles. The SMILES string of the molecule is CC(C)(C)OC(=O)n1cc(CN=[N+]=[N-])c2ccccc21. The quantitative estimate of drug-likeness (QED) is 0.465. The highest BCUT2D eigenvalue weighted by Gasteiger charge is 2.20. The van der Waals surface area contributed by atoms with Gasteiger partial charge < -0.3 is 4.74 Å². The molecule has 0 radical (unpaired) electrons. The highest BCUT2D eigenvalue weighted by atomic mass is 16.6. The van der Waals surface area contributed by atoms with Gasteiger partial charge in [-0.05, 0) is 37.9 Å². The number of azide groups is 1. The fourth-order valence-corrected chi connectivity index (χ4v) is 1.95. The van der Waals surface area contributed by atoms with Crippen molar-refractivity contribution >= 4 is 17.0 Å². The summed E-state index contributed by atoms with van der Waals surface area (Å²) >= 11 is 0. The lowest BCUT2D eigenvalue weighted by Crippen LogP contribution is -2.26. The smallest absolute Gasteiger partial charge is 0.418 e. The Balaban J connectivity index is 2.48. The van der Waals surface area contributed by atoms with E-state index in [0.29, 0.717) is 0 Å². The van der Waals surface area contributed by atoms with Crippen LogP contribution in [0.4, 0.5) is 4.79 Å². The predicted octanol–water partition coefficient (Wildman–Crippen LogP) is 4.23. The third kappa shape index (κ3) is 2.92. The first-order valence-electron chi connectivity index (χ1n) is 6.25. The van der Waals surface area contributed by atoms with Crippen LogP contribution in [0, 0.1) is 0 Å². The second-order valence-electron chi connectivity index (χ2n) is 5.41. The zero-order valence-electron chi connectivity index (χ0n) is 11.7. The molecule has 1 aromatic carbocycles. The van der Waals surface area contributed by atoms with Gasteiger partial charge in [0, 0.05) is 16.5 Å². The number of hydrogen-bond donors (Lipinski definition) is 0. The van der Waals surface area contributed by atoms with Crippen molar-refractivity contribution in [3.05, 3.63) is 46.5 Å². The number of rotatable bonds is 2. The van der Waals surface area contributed by atoms with E-state index in [9.17, 15) is 4.79 Å². The van der Waals surface area contributed by atoms with Crippen molar-refractivity contribution in [3.63, 3.8) is 0 Å². The van der Waals surface area contributed by atoms with Crippen LogP contribution in [0.15, 0.2) is 35.6 Å². The molecule has 20 heavy (non-hydrogen) atoms. The van der Waals surface area contributed by atoms with Gasteiger partial charge >= 0.3 is 6.09 Å². The van der Waals surface area contributed by atoms with E-state index in [4.69, 9.17) is 10.3 Å². The Hall–Kier alpha value is -2.46. The third-order valence-corrected chi connectivity index (χ3v) is 2.69. The summed E-state index contributed by atoms with van der Waals surface area (Å²) in [5.74, 6) is 0. The van der Waals surface area contributed by atoms with Crippen LogP contribution in [0.1, 0.15) is 26.3 Å². The number of para-hydroxylation sites is 1. The topological polar surface area (TPSA) is 80.0 Å². The van der Waals surface area contributed by atoms with E-state index in [1.807, 2.05) is 45.0 Å². The fraction of sp³-hybridized carbons (Fsp3) is 0.357. The van der Waals surface area contributed by atoms with Gasteiger partial charge in [-0.1, -0.05) is 23.3 Å². The zero-order valence-corrected chi connectivity index (χ0v) is 11.7. The van der Waals surface area contributed by atoms with E-state index < -0.39 is 11.7 Å². The lowest BCUT2D eigenvalue weighted by atomic mass is 10.2. The van der Waals surface area contributed by atoms with Crippen LogP contribution >= 0.6 is 0 Å². The minimum absolute atomic E-state index is 0.201. The molecule has 0 fully saturated rings. The molecule has 2 aromatic rings. The maximum absolute atomic E-state index is 12.2. The Morgan fingerprint density at radius 1 is 1.40 bits per heavy atom. The summed E-state index contributed by atoms with van der Waals surface area (Å²) in [7, 11) is 0. The van der Waals surface area contributed by atoms with Gasteiger partial charge in [0.1, 0.15) is 5.60 Å². The molecular formula is C14H16N4O2. The van der Waals surface area contributed by atoms with Crippen molar-refractivity contribution in [2.45, 2.75) is 32.9 Å². The molecule has 6 heteroatoms. The number of aromatic nitrogens is 1. The van der Waals surface area contributed by atoms with Crippen molar-refractivity contribution in [3.8, 4) is 0 Å². The first-order valence-corrected chi connectivity index (χ1v) is 6.25. The minimum Gasteiger partial charge on any atom is -0.443 e. The molecule has 6 nitrogen and oxygen atoms in total. The van der Waals surface area contributed by atoms with E-state index in [1.165, 1.54) is 4.57 Å². The van der Waals surface area contributed by atoms with Gasteiger partial charge in [-0.3, -0.25) is 4.57 Å². The highest BCUT2D eigenvalue weighted by Crippen LogP contribution is 2.23. The maximum atomic E-state index is 12.2. The molecular weight excluding hydrogens is 256 g/mol. The average molecular weight is 272 g/mol. The van der Waals surface area contributed by atoms with Gasteiger partial charge in [-0.2, -0.15) is 0 Å². The summed E-state index contributed by atoms with van der Waals surface area (Å²) in [4.78, 5) is 14.9. The van der Waals surface area contributed by atoms with Crippen LogP contribution in [0.3, 0.4) is 0 Å². The van der Waals surface area contributed by atoms with Gasteiger partial charge in [-0.15, -0.1) is 0 Å². The van der Waals surface area contributed by atoms with Gasteiger partial charge in [0.2, 0.25) is 0 Å². The number of benzene rings is 1. The second kappa shape index (κ2) is 5.27. The molecule has 0 saturated heterocycles. The molecule has 0 N–H and O–H groups in total. The molecule has 0 unspecified atom stereocenters. The van der Waals surface area contributed by atoms with Gasteiger partial charge in [-0.25, -0.2) is 4.79 Å². The lowest BCUT2D eigenvalue weighted by molar-refractivity contribution is 0.0544. The third-order valence-electron chi connectivity index (χ3n) is 2.69. The largest absolute Gasteiger partial charge is 0.443 e. The van der Waals surface area contributed by atoms with Crippen molar-refractivity contribution in [2.75, 3.05) is 0 Å². The molecule has 0 atom stereocenters. The zero-order chi connectivity index (χ0) is 14.8. The predicted molar refractivity (Wildman–Crippen MR) is 76.4 cm³/mol. The number of hydrogen-bond acceptors (Lipinski definition) is 3. The monoisotopic (exact) mass is 272 g/mol. The van der Waals surface area contributed by atoms with Crippen LogP contribution in [-0.4, -0.2) is 16.3 Å².